The van der Waals surface area contributed by atoms with Crippen LogP contribution in [0.3, 0.4) is 0 Å². The number of aromatic nitrogens is 2. The molecule has 0 saturated heterocycles. The van der Waals surface area contributed by atoms with Crippen molar-refractivity contribution < 1.29 is 4.79 Å². The monoisotopic (exact) mass is 385 g/mol. The van der Waals surface area contributed by atoms with E-state index in [2.05, 4.69) is 42.3 Å². The molecule has 1 heterocycles. The summed E-state index contributed by atoms with van der Waals surface area (Å²) >= 11 is 6.69. The average molecular weight is 387 g/mol. The molecule has 0 atom stereocenters. The molecule has 2 rings (SSSR count). The first-order valence-electron chi connectivity index (χ1n) is 5.87. The molecule has 0 spiro atoms. The van der Waals surface area contributed by atoms with Gasteiger partial charge in [0.1, 0.15) is 0 Å². The number of aryl methyl sites for hydroxylation is 1. The maximum absolute atomic E-state index is 11.9. The summed E-state index contributed by atoms with van der Waals surface area (Å²) in [5.74, 6) is -0.0528. The van der Waals surface area contributed by atoms with Gasteiger partial charge in [-0.05, 0) is 40.5 Å². The van der Waals surface area contributed by atoms with E-state index in [-0.39, 0.29) is 5.91 Å². The molecule has 0 unspecified atom stereocenters. The van der Waals surface area contributed by atoms with Crippen LogP contribution >= 0.6 is 31.9 Å². The van der Waals surface area contributed by atoms with Crippen LogP contribution in [0.1, 0.15) is 16.8 Å². The van der Waals surface area contributed by atoms with Gasteiger partial charge in [0.25, 0.3) is 5.91 Å². The molecule has 1 N–H and O–H groups in total. The van der Waals surface area contributed by atoms with Gasteiger partial charge in [-0.15, -0.1) is 0 Å². The minimum Gasteiger partial charge on any atom is -0.352 e. The third-order valence-electron chi connectivity index (χ3n) is 2.54. The van der Waals surface area contributed by atoms with Crippen molar-refractivity contribution in [1.29, 1.82) is 0 Å². The zero-order valence-corrected chi connectivity index (χ0v) is 13.3. The van der Waals surface area contributed by atoms with Gasteiger partial charge in [-0.3, -0.25) is 9.48 Å². The maximum atomic E-state index is 11.9. The second kappa shape index (κ2) is 6.86. The van der Waals surface area contributed by atoms with E-state index in [1.54, 1.807) is 18.3 Å². The minimum atomic E-state index is -0.0528. The third-order valence-corrected chi connectivity index (χ3v) is 3.44. The number of carbonyl (C=O) groups is 1. The molecule has 2 aromatic rings. The lowest BCUT2D eigenvalue weighted by molar-refractivity contribution is 0.0952. The summed E-state index contributed by atoms with van der Waals surface area (Å²) in [6.07, 6.45) is 4.50. The van der Waals surface area contributed by atoms with E-state index >= 15 is 0 Å². The topological polar surface area (TPSA) is 46.9 Å². The fraction of sp³-hybridized carbons (Fsp3) is 0.231. The Hall–Kier alpha value is -1.14. The number of rotatable bonds is 5. The number of amides is 1. The Labute approximate surface area is 128 Å². The van der Waals surface area contributed by atoms with Gasteiger partial charge in [-0.1, -0.05) is 22.0 Å². The molecule has 0 aliphatic rings. The Balaban J connectivity index is 1.75. The fourth-order valence-corrected chi connectivity index (χ4v) is 2.36. The normalized spacial score (nSPS) is 10.4. The highest BCUT2D eigenvalue weighted by atomic mass is 79.9. The van der Waals surface area contributed by atoms with E-state index < -0.39 is 0 Å². The van der Waals surface area contributed by atoms with Crippen LogP contribution in [0.4, 0.5) is 0 Å². The highest BCUT2D eigenvalue weighted by molar-refractivity contribution is 9.10. The van der Waals surface area contributed by atoms with Crippen molar-refractivity contribution in [3.05, 3.63) is 51.2 Å². The minimum absolute atomic E-state index is 0.0528. The summed E-state index contributed by atoms with van der Waals surface area (Å²) in [4.78, 5) is 11.9. The van der Waals surface area contributed by atoms with Gasteiger partial charge in [-0.2, -0.15) is 5.10 Å². The van der Waals surface area contributed by atoms with E-state index in [0.29, 0.717) is 12.1 Å². The van der Waals surface area contributed by atoms with Crippen molar-refractivity contribution in [1.82, 2.24) is 15.1 Å². The Kier molecular flexibility index (Phi) is 5.15. The first-order chi connectivity index (χ1) is 9.15. The molecule has 0 bridgehead atoms. The molecule has 6 heteroatoms. The zero-order chi connectivity index (χ0) is 13.7. The lowest BCUT2D eigenvalue weighted by Gasteiger charge is -2.05. The van der Waals surface area contributed by atoms with Crippen LogP contribution in [-0.4, -0.2) is 22.2 Å². The number of hydrogen-bond donors (Lipinski definition) is 1. The highest BCUT2D eigenvalue weighted by Gasteiger charge is 2.04. The Morgan fingerprint density at radius 1 is 1.32 bits per heavy atom. The van der Waals surface area contributed by atoms with Crippen LogP contribution in [0.5, 0.6) is 0 Å². The van der Waals surface area contributed by atoms with Gasteiger partial charge in [0.2, 0.25) is 0 Å². The van der Waals surface area contributed by atoms with E-state index in [0.717, 1.165) is 21.9 Å². The molecule has 0 aliphatic carbocycles. The fourth-order valence-electron chi connectivity index (χ4n) is 1.64. The number of benzene rings is 1. The number of halogens is 2. The van der Waals surface area contributed by atoms with Crippen molar-refractivity contribution in [2.45, 2.75) is 13.0 Å². The van der Waals surface area contributed by atoms with Gasteiger partial charge < -0.3 is 5.32 Å². The molecule has 1 amide bonds. The number of carbonyl (C=O) groups excluding carboxylic acids is 1. The molecule has 0 aliphatic heterocycles. The Morgan fingerprint density at radius 3 is 2.84 bits per heavy atom. The molecule has 100 valence electrons. The molecule has 4 nitrogen and oxygen atoms in total. The molecule has 0 saturated carbocycles. The molecule has 19 heavy (non-hydrogen) atoms. The third kappa shape index (κ3) is 4.47. The molecule has 1 aromatic heterocycles. The molecule has 1 aromatic carbocycles. The Bertz CT molecular complexity index is 569. The summed E-state index contributed by atoms with van der Waals surface area (Å²) in [6.45, 7) is 1.41. The van der Waals surface area contributed by atoms with Gasteiger partial charge >= 0.3 is 0 Å². The summed E-state index contributed by atoms with van der Waals surface area (Å²) in [7, 11) is 0. The second-order valence-corrected chi connectivity index (χ2v) is 5.87. The van der Waals surface area contributed by atoms with Crippen LogP contribution in [0.15, 0.2) is 45.6 Å². The predicted octanol–water partition coefficient (Wildman–Crippen LogP) is 3.23. The summed E-state index contributed by atoms with van der Waals surface area (Å²) < 4.78 is 3.71. The van der Waals surface area contributed by atoms with Gasteiger partial charge in [0, 0.05) is 29.3 Å². The molecule has 0 fully saturated rings. The first kappa shape index (κ1) is 14.3. The van der Waals surface area contributed by atoms with Crippen molar-refractivity contribution in [3.8, 4) is 0 Å². The maximum Gasteiger partial charge on any atom is 0.251 e. The van der Waals surface area contributed by atoms with Crippen LogP contribution in [-0.2, 0) is 6.54 Å². The number of nitrogens with one attached hydrogen (secondary N) is 1. The smallest absolute Gasteiger partial charge is 0.251 e. The van der Waals surface area contributed by atoms with Crippen molar-refractivity contribution in [3.63, 3.8) is 0 Å². The first-order valence-corrected chi connectivity index (χ1v) is 7.45. The van der Waals surface area contributed by atoms with E-state index in [4.69, 9.17) is 0 Å². The zero-order valence-electron chi connectivity index (χ0n) is 10.1. The van der Waals surface area contributed by atoms with Crippen LogP contribution < -0.4 is 5.32 Å². The number of nitrogens with zero attached hydrogens (tertiary/aromatic N) is 2. The van der Waals surface area contributed by atoms with Gasteiger partial charge in [-0.25, -0.2) is 0 Å². The average Bonchev–Trinajstić information content (AvgIpc) is 2.80. The quantitative estimate of drug-likeness (QED) is 0.802. The van der Waals surface area contributed by atoms with Crippen LogP contribution in [0, 0.1) is 0 Å². The lowest BCUT2D eigenvalue weighted by Crippen LogP contribution is -2.25. The van der Waals surface area contributed by atoms with E-state index in [1.165, 1.54) is 0 Å². The summed E-state index contributed by atoms with van der Waals surface area (Å²) in [5, 5.41) is 7.04. The largest absolute Gasteiger partial charge is 0.352 e. The standard InChI is InChI=1S/C13H13Br2N3O/c14-11-4-1-3-10(7-11)13(19)16-5-2-6-18-9-12(15)8-17-18/h1,3-4,7-9H,2,5-6H2,(H,16,19). The van der Waals surface area contributed by atoms with Gasteiger partial charge in [0.05, 0.1) is 10.7 Å². The highest BCUT2D eigenvalue weighted by Crippen LogP contribution is 2.11. The van der Waals surface area contributed by atoms with Crippen molar-refractivity contribution in [2.75, 3.05) is 6.54 Å². The van der Waals surface area contributed by atoms with Crippen LogP contribution in [0.25, 0.3) is 0 Å². The summed E-state index contributed by atoms with van der Waals surface area (Å²) in [5.41, 5.74) is 0.663. The summed E-state index contributed by atoms with van der Waals surface area (Å²) in [6, 6.07) is 7.34. The SMILES string of the molecule is O=C(NCCCn1cc(Br)cn1)c1cccc(Br)c1. The lowest BCUT2D eigenvalue weighted by atomic mass is 10.2. The van der Waals surface area contributed by atoms with E-state index in [1.807, 2.05) is 23.0 Å². The van der Waals surface area contributed by atoms with Gasteiger partial charge in [0.15, 0.2) is 0 Å². The number of hydrogen-bond acceptors (Lipinski definition) is 2. The molecular formula is C13H13Br2N3O. The second-order valence-electron chi connectivity index (χ2n) is 4.04. The molecular weight excluding hydrogens is 374 g/mol. The predicted molar refractivity (Wildman–Crippen MR) is 81.0 cm³/mol. The Morgan fingerprint density at radius 2 is 2.16 bits per heavy atom. The molecule has 0 radical (unpaired) electrons. The van der Waals surface area contributed by atoms with Crippen molar-refractivity contribution in [2.24, 2.45) is 0 Å². The van der Waals surface area contributed by atoms with E-state index in [9.17, 15) is 4.79 Å². The van der Waals surface area contributed by atoms with Crippen molar-refractivity contribution >= 4 is 37.8 Å². The van der Waals surface area contributed by atoms with Crippen LogP contribution in [0.2, 0.25) is 0 Å².